The predicted octanol–water partition coefficient (Wildman–Crippen LogP) is 1.79. The molecule has 0 amide bonds. The average Bonchev–Trinajstić information content (AvgIpc) is 2.02. The molecule has 0 radical (unpaired) electrons. The monoisotopic (exact) mass is 158 g/mol. The smallest absolute Gasteiger partial charge is 0.337 e. The van der Waals surface area contributed by atoms with E-state index in [4.69, 9.17) is 9.84 Å². The molecule has 3 heteroatoms. The fourth-order valence-electron chi connectivity index (χ4n) is 0.412. The molecule has 0 aliphatic rings. The van der Waals surface area contributed by atoms with Crippen LogP contribution in [-0.2, 0) is 9.53 Å². The maximum Gasteiger partial charge on any atom is 0.337 e. The van der Waals surface area contributed by atoms with Crippen LogP contribution in [0.2, 0.25) is 0 Å². The molecule has 0 aliphatic carbocycles. The van der Waals surface area contributed by atoms with Crippen molar-refractivity contribution in [1.29, 1.82) is 0 Å². The first-order valence-electron chi connectivity index (χ1n) is 3.63. The third-order valence-corrected chi connectivity index (χ3v) is 1.40. The molecule has 0 aromatic carbocycles. The molecular formula is C8H14O3. The van der Waals surface area contributed by atoms with Crippen molar-refractivity contribution >= 4 is 5.97 Å². The average molecular weight is 158 g/mol. The van der Waals surface area contributed by atoms with Gasteiger partial charge in [0.15, 0.2) is 0 Å². The maximum absolute atomic E-state index is 10.9. The second kappa shape index (κ2) is 4.77. The van der Waals surface area contributed by atoms with Gasteiger partial charge in [0.25, 0.3) is 0 Å². The van der Waals surface area contributed by atoms with E-state index >= 15 is 0 Å². The summed E-state index contributed by atoms with van der Waals surface area (Å²) in [6.07, 6.45) is 1.45. The molecule has 0 heterocycles. The van der Waals surface area contributed by atoms with E-state index in [1.165, 1.54) is 6.92 Å². The Bertz CT molecular complexity index is 161. The van der Waals surface area contributed by atoms with E-state index in [2.05, 4.69) is 0 Å². The van der Waals surface area contributed by atoms with E-state index in [9.17, 15) is 4.79 Å². The minimum absolute atomic E-state index is 0.0857. The number of hydrogen-bond donors (Lipinski definition) is 1. The van der Waals surface area contributed by atoms with Crippen molar-refractivity contribution in [3.63, 3.8) is 0 Å². The van der Waals surface area contributed by atoms with Crippen LogP contribution in [0.4, 0.5) is 0 Å². The molecular weight excluding hydrogens is 144 g/mol. The highest BCUT2D eigenvalue weighted by Crippen LogP contribution is 2.01. The van der Waals surface area contributed by atoms with Crippen LogP contribution in [0.3, 0.4) is 0 Å². The number of esters is 1. The summed E-state index contributed by atoms with van der Waals surface area (Å²) >= 11 is 0. The normalized spacial score (nSPS) is 14.3. The Morgan fingerprint density at radius 2 is 2.27 bits per heavy atom. The number of carbonyl (C=O) groups is 1. The summed E-state index contributed by atoms with van der Waals surface area (Å²) in [5.41, 5.74) is 0.227. The van der Waals surface area contributed by atoms with Gasteiger partial charge in [-0.25, -0.2) is 4.79 Å². The number of aliphatic hydroxyl groups excluding tert-OH is 1. The number of hydrogen-bond acceptors (Lipinski definition) is 3. The standard InChI is InChI=1S/C8H14O3/c1-4-7(3)11-8(10)6(2)5-9/h5,7,9H,4H2,1-3H3/b6-5+. The van der Waals surface area contributed by atoms with E-state index in [0.29, 0.717) is 0 Å². The largest absolute Gasteiger partial charge is 0.515 e. The third kappa shape index (κ3) is 3.65. The van der Waals surface area contributed by atoms with E-state index in [0.717, 1.165) is 12.7 Å². The van der Waals surface area contributed by atoms with Crippen LogP contribution in [0.1, 0.15) is 27.2 Å². The molecule has 1 unspecified atom stereocenters. The second-order valence-corrected chi connectivity index (χ2v) is 2.44. The van der Waals surface area contributed by atoms with Crippen molar-refractivity contribution in [3.05, 3.63) is 11.8 Å². The van der Waals surface area contributed by atoms with Gasteiger partial charge in [0, 0.05) is 0 Å². The zero-order valence-corrected chi connectivity index (χ0v) is 7.13. The molecule has 3 nitrogen and oxygen atoms in total. The van der Waals surface area contributed by atoms with E-state index in [-0.39, 0.29) is 11.7 Å². The Labute approximate surface area is 66.7 Å². The summed E-state index contributed by atoms with van der Waals surface area (Å²) in [5, 5.41) is 8.43. The van der Waals surface area contributed by atoms with Crippen molar-refractivity contribution in [2.45, 2.75) is 33.3 Å². The summed E-state index contributed by atoms with van der Waals surface area (Å²) < 4.78 is 4.88. The highest BCUT2D eigenvalue weighted by Gasteiger charge is 2.08. The van der Waals surface area contributed by atoms with Crippen LogP contribution in [0.15, 0.2) is 11.8 Å². The molecule has 0 rings (SSSR count). The Kier molecular flexibility index (Phi) is 4.34. The molecule has 0 saturated heterocycles. The highest BCUT2D eigenvalue weighted by molar-refractivity contribution is 5.87. The molecule has 0 bridgehead atoms. The first kappa shape index (κ1) is 10.0. The first-order valence-corrected chi connectivity index (χ1v) is 3.63. The minimum atomic E-state index is -0.457. The number of carbonyl (C=O) groups excluding carboxylic acids is 1. The van der Waals surface area contributed by atoms with Crippen LogP contribution in [-0.4, -0.2) is 17.2 Å². The van der Waals surface area contributed by atoms with Crippen molar-refractivity contribution < 1.29 is 14.6 Å². The van der Waals surface area contributed by atoms with Crippen molar-refractivity contribution in [2.75, 3.05) is 0 Å². The lowest BCUT2D eigenvalue weighted by atomic mass is 10.3. The molecule has 11 heavy (non-hydrogen) atoms. The van der Waals surface area contributed by atoms with Gasteiger partial charge < -0.3 is 9.84 Å². The Morgan fingerprint density at radius 1 is 1.73 bits per heavy atom. The zero-order valence-electron chi connectivity index (χ0n) is 7.13. The molecule has 64 valence electrons. The molecule has 1 atom stereocenters. The van der Waals surface area contributed by atoms with Gasteiger partial charge in [0.2, 0.25) is 0 Å². The van der Waals surface area contributed by atoms with Crippen LogP contribution >= 0.6 is 0 Å². The predicted molar refractivity (Wildman–Crippen MR) is 42.2 cm³/mol. The summed E-state index contributed by atoms with van der Waals surface area (Å²) in [7, 11) is 0. The van der Waals surface area contributed by atoms with Crippen molar-refractivity contribution in [3.8, 4) is 0 Å². The van der Waals surface area contributed by atoms with Gasteiger partial charge in [-0.2, -0.15) is 0 Å². The second-order valence-electron chi connectivity index (χ2n) is 2.44. The van der Waals surface area contributed by atoms with Gasteiger partial charge in [0.1, 0.15) is 0 Å². The quantitative estimate of drug-likeness (QED) is 0.387. The Morgan fingerprint density at radius 3 is 2.64 bits per heavy atom. The van der Waals surface area contributed by atoms with E-state index < -0.39 is 5.97 Å². The lowest BCUT2D eigenvalue weighted by Crippen LogP contribution is -2.14. The molecule has 1 N–H and O–H groups in total. The van der Waals surface area contributed by atoms with E-state index in [1.807, 2.05) is 13.8 Å². The van der Waals surface area contributed by atoms with E-state index in [1.54, 1.807) is 0 Å². The maximum atomic E-state index is 10.9. The van der Waals surface area contributed by atoms with Crippen LogP contribution in [0.25, 0.3) is 0 Å². The van der Waals surface area contributed by atoms with Gasteiger partial charge in [0.05, 0.1) is 17.9 Å². The lowest BCUT2D eigenvalue weighted by Gasteiger charge is -2.09. The molecule has 0 saturated carbocycles. The van der Waals surface area contributed by atoms with Gasteiger partial charge in [-0.05, 0) is 20.3 Å². The van der Waals surface area contributed by atoms with Gasteiger partial charge in [-0.1, -0.05) is 6.92 Å². The Hall–Kier alpha value is -0.990. The third-order valence-electron chi connectivity index (χ3n) is 1.40. The number of rotatable bonds is 3. The fourth-order valence-corrected chi connectivity index (χ4v) is 0.412. The lowest BCUT2D eigenvalue weighted by molar-refractivity contribution is -0.143. The minimum Gasteiger partial charge on any atom is -0.515 e. The number of aliphatic hydroxyl groups is 1. The zero-order chi connectivity index (χ0) is 8.85. The van der Waals surface area contributed by atoms with Crippen LogP contribution in [0.5, 0.6) is 0 Å². The summed E-state index contributed by atoms with van der Waals surface area (Å²) in [6, 6.07) is 0. The number of ether oxygens (including phenoxy) is 1. The highest BCUT2D eigenvalue weighted by atomic mass is 16.5. The molecule has 0 aliphatic heterocycles. The van der Waals surface area contributed by atoms with Crippen LogP contribution < -0.4 is 0 Å². The molecule has 0 aromatic heterocycles. The van der Waals surface area contributed by atoms with Crippen molar-refractivity contribution in [1.82, 2.24) is 0 Å². The molecule has 0 spiro atoms. The van der Waals surface area contributed by atoms with Gasteiger partial charge >= 0.3 is 5.97 Å². The summed E-state index contributed by atoms with van der Waals surface area (Å²) in [4.78, 5) is 10.9. The summed E-state index contributed by atoms with van der Waals surface area (Å²) in [6.45, 7) is 5.24. The van der Waals surface area contributed by atoms with Gasteiger partial charge in [-0.15, -0.1) is 0 Å². The Balaban J connectivity index is 3.88. The fraction of sp³-hybridized carbons (Fsp3) is 0.625. The first-order chi connectivity index (χ1) is 5.11. The molecule has 0 fully saturated rings. The molecule has 0 aromatic rings. The topological polar surface area (TPSA) is 46.5 Å². The van der Waals surface area contributed by atoms with Crippen molar-refractivity contribution in [2.24, 2.45) is 0 Å². The SMILES string of the molecule is CCC(C)OC(=O)/C(C)=C/O. The summed E-state index contributed by atoms with van der Waals surface area (Å²) in [5.74, 6) is -0.457. The van der Waals surface area contributed by atoms with Crippen LogP contribution in [0, 0.1) is 0 Å². The van der Waals surface area contributed by atoms with Gasteiger partial charge in [-0.3, -0.25) is 0 Å².